The van der Waals surface area contributed by atoms with Crippen molar-refractivity contribution in [1.29, 1.82) is 0 Å². The number of rotatable bonds is 5. The summed E-state index contributed by atoms with van der Waals surface area (Å²) in [4.78, 5) is 19.3. The van der Waals surface area contributed by atoms with Gasteiger partial charge in [-0.05, 0) is 30.2 Å². The van der Waals surface area contributed by atoms with Gasteiger partial charge in [0.25, 0.3) is 0 Å². The van der Waals surface area contributed by atoms with Crippen LogP contribution in [0.2, 0.25) is 0 Å². The zero-order valence-electron chi connectivity index (χ0n) is 16.8. The van der Waals surface area contributed by atoms with Gasteiger partial charge in [0.2, 0.25) is 5.91 Å². The van der Waals surface area contributed by atoms with Crippen LogP contribution in [-0.2, 0) is 17.8 Å². The van der Waals surface area contributed by atoms with Crippen molar-refractivity contribution in [3.8, 4) is 0 Å². The highest BCUT2D eigenvalue weighted by molar-refractivity contribution is 5.85. The first-order valence-electron chi connectivity index (χ1n) is 10.2. The molecule has 1 aliphatic heterocycles. The van der Waals surface area contributed by atoms with Crippen LogP contribution in [0.5, 0.6) is 0 Å². The Labute approximate surface area is 185 Å². The number of aromatic nitrogens is 2. The minimum Gasteiger partial charge on any atom is -0.341 e. The zero-order valence-corrected chi connectivity index (χ0v) is 18.5. The van der Waals surface area contributed by atoms with Gasteiger partial charge in [0.05, 0.1) is 18.1 Å². The quantitative estimate of drug-likeness (QED) is 0.770. The van der Waals surface area contributed by atoms with Gasteiger partial charge in [-0.15, -0.1) is 24.8 Å². The summed E-state index contributed by atoms with van der Waals surface area (Å²) in [7, 11) is 0. The minimum atomic E-state index is -0.496. The Balaban J connectivity index is 0.00000150. The number of hydrogen-bond acceptors (Lipinski definition) is 3. The number of nitrogens with zero attached hydrogens (tertiary/aromatic N) is 3. The van der Waals surface area contributed by atoms with Gasteiger partial charge in [0, 0.05) is 32.3 Å². The highest BCUT2D eigenvalue weighted by Crippen LogP contribution is 2.43. The average molecular weight is 439 g/mol. The van der Waals surface area contributed by atoms with Gasteiger partial charge in [-0.2, -0.15) is 0 Å². The lowest BCUT2D eigenvalue weighted by molar-refractivity contribution is -0.132. The molecule has 1 aromatic heterocycles. The Bertz CT molecular complexity index is 774. The van der Waals surface area contributed by atoms with E-state index in [9.17, 15) is 4.79 Å². The van der Waals surface area contributed by atoms with Gasteiger partial charge in [0.15, 0.2) is 0 Å². The lowest BCUT2D eigenvalue weighted by Crippen LogP contribution is -2.45. The molecule has 0 radical (unpaired) electrons. The molecule has 2 aromatic rings. The van der Waals surface area contributed by atoms with Crippen LogP contribution in [-0.4, -0.2) is 39.5 Å². The third-order valence-corrected chi connectivity index (χ3v) is 6.31. The van der Waals surface area contributed by atoms with Gasteiger partial charge in [0.1, 0.15) is 0 Å². The normalized spacial score (nSPS) is 18.7. The molecule has 1 saturated heterocycles. The second-order valence-electron chi connectivity index (χ2n) is 8.40. The maximum atomic E-state index is 12.8. The Morgan fingerprint density at radius 3 is 2.55 bits per heavy atom. The third-order valence-electron chi connectivity index (χ3n) is 6.31. The first-order chi connectivity index (χ1) is 13.1. The highest BCUT2D eigenvalue weighted by atomic mass is 35.5. The largest absolute Gasteiger partial charge is 0.341 e. The third kappa shape index (κ3) is 5.74. The summed E-state index contributed by atoms with van der Waals surface area (Å²) >= 11 is 0. The number of hydrogen-bond donors (Lipinski definition) is 1. The first kappa shape index (κ1) is 23.7. The molecule has 7 heteroatoms. The topological polar surface area (TPSA) is 64.2 Å². The van der Waals surface area contributed by atoms with E-state index in [1.165, 1.54) is 37.7 Å². The second kappa shape index (κ2) is 10.5. The van der Waals surface area contributed by atoms with Crippen LogP contribution in [0.15, 0.2) is 42.9 Å². The Hall–Kier alpha value is -1.56. The number of halogens is 2. The molecule has 0 bridgehead atoms. The molecule has 5 nitrogen and oxygen atoms in total. The van der Waals surface area contributed by atoms with Gasteiger partial charge in [-0.25, -0.2) is 4.98 Å². The van der Waals surface area contributed by atoms with Gasteiger partial charge in [-0.3, -0.25) is 4.79 Å². The van der Waals surface area contributed by atoms with Crippen LogP contribution in [0.1, 0.15) is 49.8 Å². The second-order valence-corrected chi connectivity index (χ2v) is 8.40. The standard InChI is InChI=1S/C22H30N4O.2ClH/c23-20(21(27)26-12-11-22(16-26)9-5-2-6-10-22)13-19-15-25(17-24-19)14-18-7-3-1-4-8-18;;/h1,3-4,7-8,15,17,20H,2,5-6,9-14,16,23H2;2*1H/t20-;;/m0../s1. The number of likely N-dealkylation sites (tertiary alicyclic amines) is 1. The minimum absolute atomic E-state index is 0. The van der Waals surface area contributed by atoms with Crippen molar-refractivity contribution in [2.45, 2.75) is 57.5 Å². The number of imidazole rings is 1. The fourth-order valence-electron chi connectivity index (χ4n) is 4.77. The summed E-state index contributed by atoms with van der Waals surface area (Å²) in [5, 5.41) is 0. The lowest BCUT2D eigenvalue weighted by atomic mass is 9.73. The van der Waals surface area contributed by atoms with Crippen molar-refractivity contribution < 1.29 is 4.79 Å². The molecule has 2 fully saturated rings. The van der Waals surface area contributed by atoms with Crippen LogP contribution < -0.4 is 5.73 Å². The van der Waals surface area contributed by atoms with E-state index < -0.39 is 6.04 Å². The van der Waals surface area contributed by atoms with Crippen molar-refractivity contribution in [2.24, 2.45) is 11.1 Å². The Morgan fingerprint density at radius 1 is 1.10 bits per heavy atom. The summed E-state index contributed by atoms with van der Waals surface area (Å²) in [5.74, 6) is 0.0926. The number of nitrogens with two attached hydrogens (primary N) is 1. The molecule has 1 spiro atoms. The highest BCUT2D eigenvalue weighted by Gasteiger charge is 2.41. The van der Waals surface area contributed by atoms with E-state index in [1.54, 1.807) is 0 Å². The van der Waals surface area contributed by atoms with E-state index in [0.717, 1.165) is 31.7 Å². The summed E-state index contributed by atoms with van der Waals surface area (Å²) < 4.78 is 2.05. The van der Waals surface area contributed by atoms with E-state index >= 15 is 0 Å². The summed E-state index contributed by atoms with van der Waals surface area (Å²) in [5.41, 5.74) is 8.77. The van der Waals surface area contributed by atoms with Crippen LogP contribution in [0, 0.1) is 5.41 Å². The first-order valence-corrected chi connectivity index (χ1v) is 10.2. The van der Waals surface area contributed by atoms with Crippen molar-refractivity contribution in [1.82, 2.24) is 14.5 Å². The lowest BCUT2D eigenvalue weighted by Gasteiger charge is -2.33. The maximum Gasteiger partial charge on any atom is 0.239 e. The van der Waals surface area contributed by atoms with E-state index in [0.29, 0.717) is 11.8 Å². The molecule has 1 aromatic carbocycles. The van der Waals surface area contributed by atoms with Gasteiger partial charge >= 0.3 is 0 Å². The molecule has 1 aliphatic carbocycles. The molecule has 2 aliphatic rings. The van der Waals surface area contributed by atoms with E-state index in [4.69, 9.17) is 5.73 Å². The molecule has 29 heavy (non-hydrogen) atoms. The molecular formula is C22H32Cl2N4O. The van der Waals surface area contributed by atoms with Gasteiger partial charge in [-0.1, -0.05) is 49.6 Å². The van der Waals surface area contributed by atoms with Crippen LogP contribution in [0.25, 0.3) is 0 Å². The molecule has 2 N–H and O–H groups in total. The van der Waals surface area contributed by atoms with Crippen LogP contribution in [0.3, 0.4) is 0 Å². The smallest absolute Gasteiger partial charge is 0.239 e. The zero-order chi connectivity index (χ0) is 18.7. The molecule has 160 valence electrons. The summed E-state index contributed by atoms with van der Waals surface area (Å²) in [6.07, 6.45) is 12.0. The van der Waals surface area contributed by atoms with E-state index in [2.05, 4.69) is 21.7 Å². The maximum absolute atomic E-state index is 12.8. The molecule has 1 amide bonds. The monoisotopic (exact) mass is 438 g/mol. The number of carbonyl (C=O) groups is 1. The summed E-state index contributed by atoms with van der Waals surface area (Å²) in [6.45, 7) is 2.56. The van der Waals surface area contributed by atoms with Gasteiger partial charge < -0.3 is 15.2 Å². The average Bonchev–Trinajstić information content (AvgIpc) is 3.30. The molecule has 0 unspecified atom stereocenters. The summed E-state index contributed by atoms with van der Waals surface area (Å²) in [6, 6.07) is 9.80. The van der Waals surface area contributed by atoms with E-state index in [1.807, 2.05) is 35.6 Å². The fourth-order valence-corrected chi connectivity index (χ4v) is 4.77. The molecule has 1 saturated carbocycles. The van der Waals surface area contributed by atoms with E-state index in [-0.39, 0.29) is 30.7 Å². The fraction of sp³-hybridized carbons (Fsp3) is 0.545. The van der Waals surface area contributed by atoms with Crippen molar-refractivity contribution in [3.05, 3.63) is 54.1 Å². The predicted molar refractivity (Wildman–Crippen MR) is 121 cm³/mol. The van der Waals surface area contributed by atoms with Crippen molar-refractivity contribution in [3.63, 3.8) is 0 Å². The molecule has 2 heterocycles. The number of amides is 1. The van der Waals surface area contributed by atoms with Crippen LogP contribution >= 0.6 is 24.8 Å². The Kier molecular flexibility index (Phi) is 8.56. The number of benzene rings is 1. The SMILES string of the molecule is Cl.Cl.N[C@@H](Cc1cn(Cc2ccccc2)cn1)C(=O)N1CCC2(CCCCC2)C1. The molecular weight excluding hydrogens is 407 g/mol. The van der Waals surface area contributed by atoms with Crippen LogP contribution in [0.4, 0.5) is 0 Å². The Morgan fingerprint density at radius 2 is 1.83 bits per heavy atom. The molecule has 4 rings (SSSR count). The molecule has 1 atom stereocenters. The van der Waals surface area contributed by atoms with Crippen molar-refractivity contribution in [2.75, 3.05) is 13.1 Å². The number of carbonyl (C=O) groups excluding carboxylic acids is 1. The van der Waals surface area contributed by atoms with Crippen molar-refractivity contribution >= 4 is 30.7 Å². The predicted octanol–water partition coefficient (Wildman–Crippen LogP) is 3.83.